The first kappa shape index (κ1) is 14.1. The molecule has 2 aromatic rings. The molecule has 1 aromatic carbocycles. The van der Waals surface area contributed by atoms with Crippen molar-refractivity contribution < 1.29 is 4.74 Å². The third kappa shape index (κ3) is 2.63. The highest BCUT2D eigenvalue weighted by molar-refractivity contribution is 5.86. The van der Waals surface area contributed by atoms with Crippen LogP contribution < -0.4 is 4.74 Å². The van der Waals surface area contributed by atoms with E-state index >= 15 is 0 Å². The number of likely N-dealkylation sites (tertiary alicyclic amines) is 1. The summed E-state index contributed by atoms with van der Waals surface area (Å²) < 4.78 is 8.51. The fourth-order valence-electron chi connectivity index (χ4n) is 4.18. The Morgan fingerprint density at radius 3 is 2.55 bits per heavy atom. The van der Waals surface area contributed by atoms with E-state index in [-0.39, 0.29) is 0 Å². The maximum Gasteiger partial charge on any atom is 0.129 e. The van der Waals surface area contributed by atoms with Crippen molar-refractivity contribution in [2.45, 2.75) is 50.7 Å². The Balaban J connectivity index is 1.41. The van der Waals surface area contributed by atoms with Gasteiger partial charge in [0.15, 0.2) is 0 Å². The summed E-state index contributed by atoms with van der Waals surface area (Å²) in [6, 6.07) is 9.40. The number of rotatable bonds is 3. The Bertz CT molecular complexity index is 634. The molecule has 22 heavy (non-hydrogen) atoms. The molecule has 0 unspecified atom stereocenters. The number of ether oxygens (including phenoxy) is 1. The van der Waals surface area contributed by atoms with E-state index < -0.39 is 0 Å². The monoisotopic (exact) mass is 298 g/mol. The lowest BCUT2D eigenvalue weighted by Crippen LogP contribution is -2.43. The van der Waals surface area contributed by atoms with Gasteiger partial charge in [-0.2, -0.15) is 0 Å². The summed E-state index contributed by atoms with van der Waals surface area (Å²) in [6.45, 7) is 2.42. The maximum absolute atomic E-state index is 6.35. The third-order valence-corrected chi connectivity index (χ3v) is 5.50. The molecule has 4 rings (SSSR count). The first-order valence-electron chi connectivity index (χ1n) is 8.76. The average molecular weight is 298 g/mol. The summed E-state index contributed by atoms with van der Waals surface area (Å²) in [7, 11) is 2.09. The smallest absolute Gasteiger partial charge is 0.129 e. The Labute approximate surface area is 132 Å². The standard InChI is InChI=1S/C19H26N2O/c1-20-12-11-17-18(20)7-4-8-19(17)22-16-9-13-21(14-10-16)15-5-2-3-6-15/h4,7-8,11-12,15-16H,2-3,5-6,9-10,13-14H2,1H3. The van der Waals surface area contributed by atoms with E-state index in [2.05, 4.69) is 47.0 Å². The van der Waals surface area contributed by atoms with Crippen molar-refractivity contribution in [2.24, 2.45) is 7.05 Å². The zero-order valence-corrected chi connectivity index (χ0v) is 13.5. The molecule has 1 aromatic heterocycles. The van der Waals surface area contributed by atoms with Crippen LogP contribution in [0.25, 0.3) is 10.9 Å². The molecule has 1 saturated carbocycles. The van der Waals surface area contributed by atoms with Crippen molar-refractivity contribution in [1.82, 2.24) is 9.47 Å². The summed E-state index contributed by atoms with van der Waals surface area (Å²) in [5, 5.41) is 1.24. The average Bonchev–Trinajstić information content (AvgIpc) is 3.19. The van der Waals surface area contributed by atoms with Crippen LogP contribution in [0.5, 0.6) is 5.75 Å². The second-order valence-corrected chi connectivity index (χ2v) is 6.91. The van der Waals surface area contributed by atoms with Crippen molar-refractivity contribution >= 4 is 10.9 Å². The number of aryl methyl sites for hydroxylation is 1. The van der Waals surface area contributed by atoms with Crippen LogP contribution in [0, 0.1) is 0 Å². The van der Waals surface area contributed by atoms with Gasteiger partial charge in [-0.3, -0.25) is 0 Å². The van der Waals surface area contributed by atoms with Crippen molar-refractivity contribution in [2.75, 3.05) is 13.1 Å². The summed E-state index contributed by atoms with van der Waals surface area (Å²) in [4.78, 5) is 2.70. The minimum absolute atomic E-state index is 0.378. The van der Waals surface area contributed by atoms with Crippen molar-refractivity contribution in [3.63, 3.8) is 0 Å². The number of fused-ring (bicyclic) bond motifs is 1. The van der Waals surface area contributed by atoms with Crippen LogP contribution in [-0.4, -0.2) is 34.7 Å². The van der Waals surface area contributed by atoms with Crippen molar-refractivity contribution in [3.8, 4) is 5.75 Å². The van der Waals surface area contributed by atoms with Gasteiger partial charge in [0.05, 0.1) is 5.52 Å². The van der Waals surface area contributed by atoms with Crippen LogP contribution in [0.15, 0.2) is 30.5 Å². The summed E-state index contributed by atoms with van der Waals surface area (Å²) >= 11 is 0. The second kappa shape index (κ2) is 5.96. The van der Waals surface area contributed by atoms with Gasteiger partial charge in [-0.1, -0.05) is 18.9 Å². The van der Waals surface area contributed by atoms with E-state index in [0.717, 1.165) is 11.8 Å². The van der Waals surface area contributed by atoms with Gasteiger partial charge in [-0.05, 0) is 43.9 Å². The summed E-state index contributed by atoms with van der Waals surface area (Å²) in [5.74, 6) is 1.05. The molecule has 2 aliphatic rings. The molecular weight excluding hydrogens is 272 g/mol. The van der Waals surface area contributed by atoms with Gasteiger partial charge in [-0.25, -0.2) is 0 Å². The zero-order valence-electron chi connectivity index (χ0n) is 13.5. The number of hydrogen-bond donors (Lipinski definition) is 0. The van der Waals surface area contributed by atoms with E-state index in [1.165, 1.54) is 62.5 Å². The largest absolute Gasteiger partial charge is 0.490 e. The molecule has 3 nitrogen and oxygen atoms in total. The Hall–Kier alpha value is -1.48. The minimum atomic E-state index is 0.378. The van der Waals surface area contributed by atoms with E-state index in [9.17, 15) is 0 Å². The number of hydrogen-bond acceptors (Lipinski definition) is 2. The lowest BCUT2D eigenvalue weighted by Gasteiger charge is -2.36. The molecule has 118 valence electrons. The van der Waals surface area contributed by atoms with Gasteiger partial charge in [0.1, 0.15) is 11.9 Å². The molecule has 2 fully saturated rings. The fraction of sp³-hybridized carbons (Fsp3) is 0.579. The predicted molar refractivity (Wildman–Crippen MR) is 90.4 cm³/mol. The van der Waals surface area contributed by atoms with Gasteiger partial charge in [0, 0.05) is 37.8 Å². The van der Waals surface area contributed by atoms with E-state index in [1.807, 2.05) is 0 Å². The number of nitrogens with zero attached hydrogens (tertiary/aromatic N) is 2. The molecule has 2 heterocycles. The zero-order chi connectivity index (χ0) is 14.9. The van der Waals surface area contributed by atoms with E-state index in [1.54, 1.807) is 0 Å². The number of benzene rings is 1. The lowest BCUT2D eigenvalue weighted by molar-refractivity contribution is 0.0777. The first-order valence-corrected chi connectivity index (χ1v) is 8.76. The van der Waals surface area contributed by atoms with Crippen LogP contribution in [0.3, 0.4) is 0 Å². The fourth-order valence-corrected chi connectivity index (χ4v) is 4.18. The SMILES string of the molecule is Cn1ccc2c(OC3CCN(C4CCCC4)CC3)cccc21. The van der Waals surface area contributed by atoms with Gasteiger partial charge >= 0.3 is 0 Å². The highest BCUT2D eigenvalue weighted by Crippen LogP contribution is 2.30. The van der Waals surface area contributed by atoms with Gasteiger partial charge < -0.3 is 14.2 Å². The molecule has 1 aliphatic heterocycles. The van der Waals surface area contributed by atoms with Crippen LogP contribution in [-0.2, 0) is 7.05 Å². The van der Waals surface area contributed by atoms with Crippen LogP contribution in [0.4, 0.5) is 0 Å². The highest BCUT2D eigenvalue weighted by atomic mass is 16.5. The second-order valence-electron chi connectivity index (χ2n) is 6.91. The van der Waals surface area contributed by atoms with Crippen molar-refractivity contribution in [1.29, 1.82) is 0 Å². The van der Waals surface area contributed by atoms with Crippen LogP contribution in [0.2, 0.25) is 0 Å². The number of aromatic nitrogens is 1. The lowest BCUT2D eigenvalue weighted by atomic mass is 10.0. The molecule has 0 N–H and O–H groups in total. The van der Waals surface area contributed by atoms with Gasteiger partial charge in [0.2, 0.25) is 0 Å². The summed E-state index contributed by atoms with van der Waals surface area (Å²) in [5.41, 5.74) is 1.25. The molecule has 1 aliphatic carbocycles. The third-order valence-electron chi connectivity index (χ3n) is 5.50. The normalized spacial score (nSPS) is 21.7. The van der Waals surface area contributed by atoms with Gasteiger partial charge in [-0.15, -0.1) is 0 Å². The predicted octanol–water partition coefficient (Wildman–Crippen LogP) is 3.96. The molecule has 0 atom stereocenters. The van der Waals surface area contributed by atoms with Crippen molar-refractivity contribution in [3.05, 3.63) is 30.5 Å². The maximum atomic E-state index is 6.35. The quantitative estimate of drug-likeness (QED) is 0.853. The Kier molecular flexibility index (Phi) is 3.83. The van der Waals surface area contributed by atoms with E-state index in [4.69, 9.17) is 4.74 Å². The molecule has 1 saturated heterocycles. The highest BCUT2D eigenvalue weighted by Gasteiger charge is 2.28. The number of piperidine rings is 1. The summed E-state index contributed by atoms with van der Waals surface area (Å²) in [6.07, 6.45) is 10.5. The van der Waals surface area contributed by atoms with Crippen LogP contribution in [0.1, 0.15) is 38.5 Å². The molecule has 0 spiro atoms. The first-order chi connectivity index (χ1) is 10.8. The molecule has 3 heteroatoms. The minimum Gasteiger partial charge on any atom is -0.490 e. The molecule has 0 radical (unpaired) electrons. The molecular formula is C19H26N2O. The topological polar surface area (TPSA) is 17.4 Å². The van der Waals surface area contributed by atoms with E-state index in [0.29, 0.717) is 6.10 Å². The Morgan fingerprint density at radius 2 is 1.77 bits per heavy atom. The van der Waals surface area contributed by atoms with Gasteiger partial charge in [0.25, 0.3) is 0 Å². The van der Waals surface area contributed by atoms with Crippen LogP contribution >= 0.6 is 0 Å². The molecule has 0 amide bonds. The molecule has 0 bridgehead atoms. The Morgan fingerprint density at radius 1 is 1.00 bits per heavy atom.